The summed E-state index contributed by atoms with van der Waals surface area (Å²) in [6, 6.07) is 3.80. The monoisotopic (exact) mass is 279 g/mol. The molecule has 20 heavy (non-hydrogen) atoms. The number of nitrogen functional groups attached to an aromatic ring is 1. The Morgan fingerprint density at radius 3 is 3.10 bits per heavy atom. The Morgan fingerprint density at radius 2 is 2.25 bits per heavy atom. The van der Waals surface area contributed by atoms with Crippen molar-refractivity contribution in [2.24, 2.45) is 0 Å². The van der Waals surface area contributed by atoms with E-state index in [0.29, 0.717) is 25.5 Å². The lowest BCUT2D eigenvalue weighted by atomic mass is 10.1. The summed E-state index contributed by atoms with van der Waals surface area (Å²) in [7, 11) is 0. The molecule has 1 saturated heterocycles. The van der Waals surface area contributed by atoms with E-state index < -0.39 is 0 Å². The fourth-order valence-electron chi connectivity index (χ4n) is 2.67. The van der Waals surface area contributed by atoms with E-state index in [0.717, 1.165) is 36.3 Å². The van der Waals surface area contributed by atoms with Gasteiger partial charge in [-0.25, -0.2) is 0 Å². The Labute approximate surface area is 118 Å². The maximum Gasteiger partial charge on any atom is 0.189 e. The van der Waals surface area contributed by atoms with Gasteiger partial charge < -0.3 is 24.7 Å². The molecule has 2 aliphatic heterocycles. The maximum atomic E-state index is 5.91. The minimum atomic E-state index is 0.227. The SMILES string of the molecule is Nc1cc2c(c(COCC3CCCCO3)c1)OCOC2. The van der Waals surface area contributed by atoms with E-state index in [1.807, 2.05) is 12.1 Å². The molecule has 1 aromatic carbocycles. The van der Waals surface area contributed by atoms with E-state index in [-0.39, 0.29) is 12.9 Å². The number of fused-ring (bicyclic) bond motifs is 1. The van der Waals surface area contributed by atoms with Crippen LogP contribution in [0.25, 0.3) is 0 Å². The lowest BCUT2D eigenvalue weighted by molar-refractivity contribution is -0.0468. The van der Waals surface area contributed by atoms with Crippen molar-refractivity contribution < 1.29 is 18.9 Å². The predicted octanol–water partition coefficient (Wildman–Crippen LogP) is 2.22. The number of rotatable bonds is 4. The molecule has 0 amide bonds. The van der Waals surface area contributed by atoms with Crippen LogP contribution >= 0.6 is 0 Å². The van der Waals surface area contributed by atoms with E-state index in [4.69, 9.17) is 24.7 Å². The summed E-state index contributed by atoms with van der Waals surface area (Å²) in [5.74, 6) is 0.856. The molecular weight excluding hydrogens is 258 g/mol. The normalized spacial score (nSPS) is 22.1. The predicted molar refractivity (Wildman–Crippen MR) is 74.4 cm³/mol. The Hall–Kier alpha value is -1.30. The first-order valence-electron chi connectivity index (χ1n) is 7.14. The lowest BCUT2D eigenvalue weighted by Gasteiger charge is -2.24. The van der Waals surface area contributed by atoms with Crippen molar-refractivity contribution in [3.63, 3.8) is 0 Å². The zero-order chi connectivity index (χ0) is 13.8. The second kappa shape index (κ2) is 6.43. The largest absolute Gasteiger partial charge is 0.467 e. The van der Waals surface area contributed by atoms with Crippen molar-refractivity contribution in [1.29, 1.82) is 0 Å². The van der Waals surface area contributed by atoms with Gasteiger partial charge in [-0.15, -0.1) is 0 Å². The topological polar surface area (TPSA) is 62.9 Å². The maximum absolute atomic E-state index is 5.91. The molecule has 2 heterocycles. The van der Waals surface area contributed by atoms with Gasteiger partial charge in [0, 0.05) is 23.4 Å². The highest BCUT2D eigenvalue weighted by Gasteiger charge is 2.18. The molecule has 2 N–H and O–H groups in total. The molecule has 0 bridgehead atoms. The number of anilines is 1. The summed E-state index contributed by atoms with van der Waals surface area (Å²) in [5.41, 5.74) is 8.59. The minimum Gasteiger partial charge on any atom is -0.467 e. The van der Waals surface area contributed by atoms with Crippen LogP contribution in [0.5, 0.6) is 5.75 Å². The highest BCUT2D eigenvalue weighted by molar-refractivity contribution is 5.53. The van der Waals surface area contributed by atoms with E-state index in [9.17, 15) is 0 Å². The van der Waals surface area contributed by atoms with E-state index >= 15 is 0 Å². The standard InChI is InChI=1S/C15H21NO4/c16-13-5-11(15-12(6-13)8-18-10-20-15)7-17-9-14-3-1-2-4-19-14/h5-6,14H,1-4,7-10,16H2. The molecule has 1 atom stereocenters. The van der Waals surface area contributed by atoms with Crippen LogP contribution < -0.4 is 10.5 Å². The minimum absolute atomic E-state index is 0.227. The molecule has 2 aliphatic rings. The van der Waals surface area contributed by atoms with Crippen LogP contribution in [0.1, 0.15) is 30.4 Å². The highest BCUT2D eigenvalue weighted by atomic mass is 16.7. The first kappa shape index (κ1) is 13.7. The molecule has 0 aliphatic carbocycles. The molecule has 0 radical (unpaired) electrons. The van der Waals surface area contributed by atoms with Crippen molar-refractivity contribution in [2.75, 3.05) is 25.7 Å². The van der Waals surface area contributed by atoms with Gasteiger partial charge in [0.15, 0.2) is 6.79 Å². The van der Waals surface area contributed by atoms with Crippen molar-refractivity contribution >= 4 is 5.69 Å². The summed E-state index contributed by atoms with van der Waals surface area (Å²) in [6.07, 6.45) is 3.69. The summed E-state index contributed by atoms with van der Waals surface area (Å²) >= 11 is 0. The fraction of sp³-hybridized carbons (Fsp3) is 0.600. The first-order valence-corrected chi connectivity index (χ1v) is 7.14. The molecule has 1 fully saturated rings. The fourth-order valence-corrected chi connectivity index (χ4v) is 2.67. The zero-order valence-corrected chi connectivity index (χ0v) is 11.6. The Bertz CT molecular complexity index is 457. The molecule has 5 nitrogen and oxygen atoms in total. The number of hydrogen-bond donors (Lipinski definition) is 1. The van der Waals surface area contributed by atoms with E-state index in [1.54, 1.807) is 0 Å². The molecule has 1 aromatic rings. The third kappa shape index (κ3) is 3.23. The lowest BCUT2D eigenvalue weighted by Crippen LogP contribution is -2.24. The van der Waals surface area contributed by atoms with Gasteiger partial charge in [0.1, 0.15) is 5.75 Å². The first-order chi connectivity index (χ1) is 9.83. The molecule has 5 heteroatoms. The molecule has 110 valence electrons. The van der Waals surface area contributed by atoms with Crippen LogP contribution in [-0.2, 0) is 27.4 Å². The van der Waals surface area contributed by atoms with Crippen molar-refractivity contribution in [1.82, 2.24) is 0 Å². The van der Waals surface area contributed by atoms with E-state index in [2.05, 4.69) is 0 Å². The zero-order valence-electron chi connectivity index (χ0n) is 11.6. The number of benzene rings is 1. The van der Waals surface area contributed by atoms with Crippen LogP contribution in [0.2, 0.25) is 0 Å². The van der Waals surface area contributed by atoms with Crippen molar-refractivity contribution in [2.45, 2.75) is 38.6 Å². The van der Waals surface area contributed by atoms with Gasteiger partial charge in [-0.1, -0.05) is 0 Å². The summed E-state index contributed by atoms with van der Waals surface area (Å²) in [6.45, 7) is 2.80. The number of nitrogens with two attached hydrogens (primary N) is 1. The van der Waals surface area contributed by atoms with Crippen LogP contribution in [0, 0.1) is 0 Å². The summed E-state index contributed by atoms with van der Waals surface area (Å²) < 4.78 is 22.3. The van der Waals surface area contributed by atoms with Gasteiger partial charge in [-0.05, 0) is 31.4 Å². The Kier molecular flexibility index (Phi) is 4.40. The molecule has 0 spiro atoms. The van der Waals surface area contributed by atoms with Crippen LogP contribution in [0.15, 0.2) is 12.1 Å². The van der Waals surface area contributed by atoms with Gasteiger partial charge >= 0.3 is 0 Å². The van der Waals surface area contributed by atoms with Crippen molar-refractivity contribution in [3.8, 4) is 5.75 Å². The van der Waals surface area contributed by atoms with Crippen LogP contribution in [-0.4, -0.2) is 26.1 Å². The average molecular weight is 279 g/mol. The van der Waals surface area contributed by atoms with Gasteiger partial charge in [0.2, 0.25) is 0 Å². The average Bonchev–Trinajstić information content (AvgIpc) is 2.48. The van der Waals surface area contributed by atoms with Gasteiger partial charge in [-0.2, -0.15) is 0 Å². The van der Waals surface area contributed by atoms with Crippen LogP contribution in [0.4, 0.5) is 5.69 Å². The molecule has 3 rings (SSSR count). The third-order valence-corrected chi connectivity index (χ3v) is 3.64. The Balaban J connectivity index is 1.60. The van der Waals surface area contributed by atoms with Gasteiger partial charge in [-0.3, -0.25) is 0 Å². The third-order valence-electron chi connectivity index (χ3n) is 3.64. The molecule has 0 aromatic heterocycles. The highest BCUT2D eigenvalue weighted by Crippen LogP contribution is 2.31. The smallest absolute Gasteiger partial charge is 0.189 e. The van der Waals surface area contributed by atoms with Gasteiger partial charge in [0.05, 0.1) is 25.9 Å². The number of ether oxygens (including phenoxy) is 4. The summed E-state index contributed by atoms with van der Waals surface area (Å²) in [4.78, 5) is 0. The summed E-state index contributed by atoms with van der Waals surface area (Å²) in [5, 5.41) is 0. The second-order valence-electron chi connectivity index (χ2n) is 5.28. The molecular formula is C15H21NO4. The van der Waals surface area contributed by atoms with Gasteiger partial charge in [0.25, 0.3) is 0 Å². The molecule has 1 unspecified atom stereocenters. The quantitative estimate of drug-likeness (QED) is 0.856. The molecule has 0 saturated carbocycles. The second-order valence-corrected chi connectivity index (χ2v) is 5.28. The van der Waals surface area contributed by atoms with E-state index in [1.165, 1.54) is 6.42 Å². The Morgan fingerprint density at radius 1 is 1.30 bits per heavy atom. The van der Waals surface area contributed by atoms with Crippen LogP contribution in [0.3, 0.4) is 0 Å². The van der Waals surface area contributed by atoms with Crippen molar-refractivity contribution in [3.05, 3.63) is 23.3 Å². The number of hydrogen-bond acceptors (Lipinski definition) is 5.